The van der Waals surface area contributed by atoms with Crippen molar-refractivity contribution in [3.63, 3.8) is 0 Å². The van der Waals surface area contributed by atoms with Gasteiger partial charge in [0.25, 0.3) is 0 Å². The lowest BCUT2D eigenvalue weighted by molar-refractivity contribution is -0.142. The molecule has 2 unspecified atom stereocenters. The van der Waals surface area contributed by atoms with Crippen LogP contribution in [0.3, 0.4) is 0 Å². The minimum absolute atomic E-state index is 0.0504. The molecule has 0 aliphatic carbocycles. The summed E-state index contributed by atoms with van der Waals surface area (Å²) in [4.78, 5) is 24.4. The van der Waals surface area contributed by atoms with Gasteiger partial charge in [-0.05, 0) is 37.5 Å². The van der Waals surface area contributed by atoms with Crippen molar-refractivity contribution < 1.29 is 19.1 Å². The van der Waals surface area contributed by atoms with Crippen molar-refractivity contribution in [2.45, 2.75) is 31.9 Å². The van der Waals surface area contributed by atoms with Gasteiger partial charge in [0.05, 0.1) is 17.7 Å². The van der Waals surface area contributed by atoms with Crippen LogP contribution in [0.25, 0.3) is 0 Å². The number of carbonyl (C=O) groups is 2. The Morgan fingerprint density at radius 2 is 2.29 bits per heavy atom. The van der Waals surface area contributed by atoms with Crippen molar-refractivity contribution in [3.8, 4) is 0 Å². The number of urea groups is 1. The molecule has 3 rings (SSSR count). The average Bonchev–Trinajstić information content (AvgIpc) is 3.05. The first-order valence-corrected chi connectivity index (χ1v) is 8.25. The molecule has 6 nitrogen and oxygen atoms in total. The molecule has 1 aromatic carbocycles. The number of halogens is 1. The first-order chi connectivity index (χ1) is 11.5. The quantitative estimate of drug-likeness (QED) is 0.818. The highest BCUT2D eigenvalue weighted by atomic mass is 35.5. The molecule has 128 valence electrons. The van der Waals surface area contributed by atoms with E-state index < -0.39 is 12.0 Å². The molecule has 7 heteroatoms. The van der Waals surface area contributed by atoms with Crippen LogP contribution >= 0.6 is 11.6 Å². The fourth-order valence-corrected chi connectivity index (χ4v) is 3.12. The van der Waals surface area contributed by atoms with E-state index >= 15 is 0 Å². The number of nitrogens with one attached hydrogen (secondary N) is 2. The number of hydrogen-bond donors (Lipinski definition) is 2. The standard InChI is InChI=1S/C17H19ClN2O4/c1-10-14(16(21)24-9-13-6-3-7-23-13)15(20-17(22)19-10)11-4-2-5-12(18)8-11/h2,4-5,8,13,15H,3,6-7,9H2,1H3,(H2,19,20,22). The van der Waals surface area contributed by atoms with Crippen molar-refractivity contribution in [2.24, 2.45) is 0 Å². The normalized spacial score (nSPS) is 23.7. The molecule has 0 aromatic heterocycles. The van der Waals surface area contributed by atoms with E-state index in [1.54, 1.807) is 25.1 Å². The van der Waals surface area contributed by atoms with Gasteiger partial charge in [0.2, 0.25) is 0 Å². The lowest BCUT2D eigenvalue weighted by Crippen LogP contribution is -2.45. The maximum atomic E-state index is 12.6. The van der Waals surface area contributed by atoms with E-state index in [1.807, 2.05) is 6.07 Å². The zero-order valence-electron chi connectivity index (χ0n) is 13.3. The molecule has 0 saturated carbocycles. The average molecular weight is 351 g/mol. The summed E-state index contributed by atoms with van der Waals surface area (Å²) in [6, 6.07) is 6.07. The van der Waals surface area contributed by atoms with Gasteiger partial charge < -0.3 is 20.1 Å². The van der Waals surface area contributed by atoms with Crippen LogP contribution < -0.4 is 10.6 Å². The van der Waals surface area contributed by atoms with Crippen LogP contribution in [-0.4, -0.2) is 31.3 Å². The number of rotatable bonds is 4. The maximum absolute atomic E-state index is 12.6. The fraction of sp³-hybridized carbons (Fsp3) is 0.412. The van der Waals surface area contributed by atoms with E-state index in [-0.39, 0.29) is 18.7 Å². The molecule has 2 aliphatic rings. The van der Waals surface area contributed by atoms with E-state index in [4.69, 9.17) is 21.1 Å². The Kier molecular flexibility index (Phi) is 5.06. The third-order valence-electron chi connectivity index (χ3n) is 4.10. The molecular weight excluding hydrogens is 332 g/mol. The number of carbonyl (C=O) groups excluding carboxylic acids is 2. The summed E-state index contributed by atoms with van der Waals surface area (Å²) in [6.07, 6.45) is 1.82. The van der Waals surface area contributed by atoms with Gasteiger partial charge in [0.1, 0.15) is 6.61 Å². The molecule has 2 atom stereocenters. The van der Waals surface area contributed by atoms with E-state index in [0.29, 0.717) is 22.9 Å². The molecule has 2 aliphatic heterocycles. The highest BCUT2D eigenvalue weighted by Gasteiger charge is 2.32. The summed E-state index contributed by atoms with van der Waals surface area (Å²) < 4.78 is 10.9. The molecular formula is C17H19ClN2O4. The second-order valence-electron chi connectivity index (χ2n) is 5.86. The fourth-order valence-electron chi connectivity index (χ4n) is 2.92. The smallest absolute Gasteiger partial charge is 0.338 e. The zero-order valence-corrected chi connectivity index (χ0v) is 14.1. The predicted molar refractivity (Wildman–Crippen MR) is 88.5 cm³/mol. The molecule has 0 bridgehead atoms. The minimum atomic E-state index is -0.602. The third-order valence-corrected chi connectivity index (χ3v) is 4.33. The highest BCUT2D eigenvalue weighted by Crippen LogP contribution is 2.29. The Labute approximate surface area is 145 Å². The molecule has 1 fully saturated rings. The van der Waals surface area contributed by atoms with Crippen LogP contribution in [-0.2, 0) is 14.3 Å². The van der Waals surface area contributed by atoms with Crippen molar-refractivity contribution >= 4 is 23.6 Å². The van der Waals surface area contributed by atoms with Gasteiger partial charge >= 0.3 is 12.0 Å². The van der Waals surface area contributed by atoms with Gasteiger partial charge in [-0.1, -0.05) is 23.7 Å². The molecule has 0 spiro atoms. The molecule has 2 N–H and O–H groups in total. The number of amides is 2. The van der Waals surface area contributed by atoms with Gasteiger partial charge in [-0.15, -0.1) is 0 Å². The van der Waals surface area contributed by atoms with Crippen molar-refractivity contribution in [3.05, 3.63) is 46.1 Å². The van der Waals surface area contributed by atoms with Crippen LogP contribution in [0, 0.1) is 0 Å². The molecule has 24 heavy (non-hydrogen) atoms. The molecule has 1 saturated heterocycles. The highest BCUT2D eigenvalue weighted by molar-refractivity contribution is 6.30. The van der Waals surface area contributed by atoms with Crippen molar-refractivity contribution in [1.82, 2.24) is 10.6 Å². The maximum Gasteiger partial charge on any atom is 0.338 e. The molecule has 2 amide bonds. The summed E-state index contributed by atoms with van der Waals surface area (Å²) in [5.41, 5.74) is 1.57. The molecule has 0 radical (unpaired) electrons. The van der Waals surface area contributed by atoms with E-state index in [1.165, 1.54) is 0 Å². The third kappa shape index (κ3) is 3.71. The summed E-state index contributed by atoms with van der Waals surface area (Å²) in [5, 5.41) is 5.90. The number of benzene rings is 1. The summed E-state index contributed by atoms with van der Waals surface area (Å²) in [6.45, 7) is 2.59. The Balaban J connectivity index is 1.81. The SMILES string of the molecule is CC1=C(C(=O)OCC2CCCO2)C(c2cccc(Cl)c2)NC(=O)N1. The lowest BCUT2D eigenvalue weighted by Gasteiger charge is -2.28. The number of esters is 1. The van der Waals surface area contributed by atoms with Gasteiger partial charge in [0, 0.05) is 17.3 Å². The first-order valence-electron chi connectivity index (χ1n) is 7.87. The van der Waals surface area contributed by atoms with Crippen LogP contribution in [0.5, 0.6) is 0 Å². The van der Waals surface area contributed by atoms with Gasteiger partial charge in [-0.3, -0.25) is 0 Å². The number of allylic oxidation sites excluding steroid dienone is 1. The molecule has 2 heterocycles. The second kappa shape index (κ2) is 7.23. The largest absolute Gasteiger partial charge is 0.459 e. The first kappa shape index (κ1) is 16.8. The summed E-state index contributed by atoms with van der Waals surface area (Å²) in [5.74, 6) is -0.472. The monoisotopic (exact) mass is 350 g/mol. The zero-order chi connectivity index (χ0) is 17.1. The minimum Gasteiger partial charge on any atom is -0.459 e. The van der Waals surface area contributed by atoms with Crippen molar-refractivity contribution in [2.75, 3.05) is 13.2 Å². The Morgan fingerprint density at radius 1 is 1.46 bits per heavy atom. The topological polar surface area (TPSA) is 76.7 Å². The van der Waals surface area contributed by atoms with Crippen LogP contribution in [0.15, 0.2) is 35.5 Å². The Hall–Kier alpha value is -2.05. The summed E-state index contributed by atoms with van der Waals surface area (Å²) >= 11 is 6.03. The van der Waals surface area contributed by atoms with Gasteiger partial charge in [0.15, 0.2) is 0 Å². The number of hydrogen-bond acceptors (Lipinski definition) is 4. The van der Waals surface area contributed by atoms with Crippen LogP contribution in [0.1, 0.15) is 31.4 Å². The summed E-state index contributed by atoms with van der Waals surface area (Å²) in [7, 11) is 0. The van der Waals surface area contributed by atoms with E-state index in [9.17, 15) is 9.59 Å². The Bertz CT molecular complexity index is 683. The van der Waals surface area contributed by atoms with E-state index in [0.717, 1.165) is 18.4 Å². The Morgan fingerprint density at radius 3 is 3.00 bits per heavy atom. The predicted octanol–water partition coefficient (Wildman–Crippen LogP) is 2.69. The van der Waals surface area contributed by atoms with Gasteiger partial charge in [-0.2, -0.15) is 0 Å². The van der Waals surface area contributed by atoms with E-state index in [2.05, 4.69) is 10.6 Å². The lowest BCUT2D eigenvalue weighted by atomic mass is 9.95. The van der Waals surface area contributed by atoms with Crippen LogP contribution in [0.4, 0.5) is 4.79 Å². The second-order valence-corrected chi connectivity index (χ2v) is 6.30. The van der Waals surface area contributed by atoms with Crippen LogP contribution in [0.2, 0.25) is 5.02 Å². The molecule has 1 aromatic rings. The number of ether oxygens (including phenoxy) is 2. The van der Waals surface area contributed by atoms with Crippen molar-refractivity contribution in [1.29, 1.82) is 0 Å². The van der Waals surface area contributed by atoms with Gasteiger partial charge in [-0.25, -0.2) is 9.59 Å².